The first-order valence-corrected chi connectivity index (χ1v) is 5.03. The molecule has 5 heteroatoms. The van der Waals surface area contributed by atoms with Gasteiger partial charge in [0.1, 0.15) is 18.2 Å². The van der Waals surface area contributed by atoms with Gasteiger partial charge in [-0.1, -0.05) is 16.8 Å². The van der Waals surface area contributed by atoms with E-state index in [1.807, 2.05) is 6.92 Å². The van der Waals surface area contributed by atoms with Crippen molar-refractivity contribution in [3.63, 3.8) is 0 Å². The van der Waals surface area contributed by atoms with Gasteiger partial charge < -0.3 is 9.26 Å². The van der Waals surface area contributed by atoms with E-state index in [0.717, 1.165) is 5.69 Å². The molecular formula is C11H9ClFNO2. The van der Waals surface area contributed by atoms with Crippen LogP contribution in [-0.4, -0.2) is 5.16 Å². The van der Waals surface area contributed by atoms with Crippen LogP contribution in [0.2, 0.25) is 5.02 Å². The minimum atomic E-state index is -0.468. The Morgan fingerprint density at radius 1 is 1.44 bits per heavy atom. The van der Waals surface area contributed by atoms with E-state index < -0.39 is 5.82 Å². The van der Waals surface area contributed by atoms with Crippen molar-refractivity contribution in [2.45, 2.75) is 13.5 Å². The third kappa shape index (κ3) is 2.52. The summed E-state index contributed by atoms with van der Waals surface area (Å²) in [6.45, 7) is 2.06. The van der Waals surface area contributed by atoms with E-state index >= 15 is 0 Å². The van der Waals surface area contributed by atoms with Gasteiger partial charge in [-0.3, -0.25) is 0 Å². The van der Waals surface area contributed by atoms with Crippen molar-refractivity contribution in [2.75, 3.05) is 0 Å². The molecule has 0 N–H and O–H groups in total. The van der Waals surface area contributed by atoms with E-state index in [0.29, 0.717) is 11.5 Å². The Hall–Kier alpha value is -1.55. The lowest BCUT2D eigenvalue weighted by atomic mass is 10.3. The van der Waals surface area contributed by atoms with Crippen LogP contribution in [0.5, 0.6) is 5.75 Å². The second-order valence-electron chi connectivity index (χ2n) is 3.30. The molecule has 0 unspecified atom stereocenters. The van der Waals surface area contributed by atoms with Crippen LogP contribution in [-0.2, 0) is 6.61 Å². The number of aromatic nitrogens is 1. The SMILES string of the molecule is Cc1cc(COc2ccc(F)c(Cl)c2)on1. The highest BCUT2D eigenvalue weighted by molar-refractivity contribution is 6.30. The summed E-state index contributed by atoms with van der Waals surface area (Å²) in [5.41, 5.74) is 0.788. The molecule has 3 nitrogen and oxygen atoms in total. The highest BCUT2D eigenvalue weighted by atomic mass is 35.5. The van der Waals surface area contributed by atoms with Crippen LogP contribution < -0.4 is 4.74 Å². The summed E-state index contributed by atoms with van der Waals surface area (Å²) in [7, 11) is 0. The maximum Gasteiger partial charge on any atom is 0.174 e. The fraction of sp³-hybridized carbons (Fsp3) is 0.182. The zero-order chi connectivity index (χ0) is 11.5. The van der Waals surface area contributed by atoms with E-state index in [4.69, 9.17) is 20.9 Å². The molecule has 0 bridgehead atoms. The summed E-state index contributed by atoms with van der Waals surface area (Å²) < 4.78 is 23.2. The smallest absolute Gasteiger partial charge is 0.174 e. The average molecular weight is 242 g/mol. The van der Waals surface area contributed by atoms with Crippen LogP contribution in [0.15, 0.2) is 28.8 Å². The molecule has 0 atom stereocenters. The molecule has 16 heavy (non-hydrogen) atoms. The van der Waals surface area contributed by atoms with E-state index in [-0.39, 0.29) is 11.6 Å². The number of nitrogens with zero attached hydrogens (tertiary/aromatic N) is 1. The third-order valence-corrected chi connectivity index (χ3v) is 2.24. The van der Waals surface area contributed by atoms with Gasteiger partial charge in [0.15, 0.2) is 5.76 Å². The second kappa shape index (κ2) is 4.53. The van der Waals surface area contributed by atoms with Crippen molar-refractivity contribution in [2.24, 2.45) is 0 Å². The van der Waals surface area contributed by atoms with Crippen molar-refractivity contribution < 1.29 is 13.7 Å². The molecule has 0 aliphatic heterocycles. The summed E-state index contributed by atoms with van der Waals surface area (Å²) in [5, 5.41) is 3.75. The number of hydrogen-bond acceptors (Lipinski definition) is 3. The summed E-state index contributed by atoms with van der Waals surface area (Å²) in [6, 6.07) is 5.94. The van der Waals surface area contributed by atoms with Gasteiger partial charge in [0.2, 0.25) is 0 Å². The lowest BCUT2D eigenvalue weighted by Gasteiger charge is -2.03. The second-order valence-corrected chi connectivity index (χ2v) is 3.71. The Labute approximate surface area is 96.8 Å². The molecule has 0 spiro atoms. The number of aryl methyl sites for hydroxylation is 1. The van der Waals surface area contributed by atoms with Gasteiger partial charge in [-0.05, 0) is 19.1 Å². The quantitative estimate of drug-likeness (QED) is 0.827. The van der Waals surface area contributed by atoms with Gasteiger partial charge in [-0.15, -0.1) is 0 Å². The van der Waals surface area contributed by atoms with Crippen LogP contribution in [0.4, 0.5) is 4.39 Å². The van der Waals surface area contributed by atoms with E-state index in [9.17, 15) is 4.39 Å². The van der Waals surface area contributed by atoms with E-state index in [1.54, 1.807) is 6.07 Å². The number of halogens is 2. The molecule has 0 fully saturated rings. The number of hydrogen-bond donors (Lipinski definition) is 0. The predicted molar refractivity (Wildman–Crippen MR) is 57.0 cm³/mol. The molecule has 84 valence electrons. The predicted octanol–water partition coefficient (Wildman–Crippen LogP) is 3.35. The molecule has 0 aliphatic rings. The Balaban J connectivity index is 2.02. The van der Waals surface area contributed by atoms with Gasteiger partial charge in [-0.25, -0.2) is 4.39 Å². The molecule has 2 rings (SSSR count). The van der Waals surface area contributed by atoms with Crippen LogP contribution in [0.25, 0.3) is 0 Å². The van der Waals surface area contributed by atoms with Crippen LogP contribution >= 0.6 is 11.6 Å². The molecule has 1 aromatic heterocycles. The maximum atomic E-state index is 12.8. The molecule has 0 amide bonds. The number of rotatable bonds is 3. The summed E-state index contributed by atoms with van der Waals surface area (Å²) in [6.07, 6.45) is 0. The molecular weight excluding hydrogens is 233 g/mol. The maximum absolute atomic E-state index is 12.8. The lowest BCUT2D eigenvalue weighted by Crippen LogP contribution is -1.94. The normalized spacial score (nSPS) is 10.4. The van der Waals surface area contributed by atoms with Crippen molar-refractivity contribution in [1.29, 1.82) is 0 Å². The number of benzene rings is 1. The first kappa shape index (κ1) is 11.0. The first-order valence-electron chi connectivity index (χ1n) is 4.65. The molecule has 1 aromatic carbocycles. The Bertz CT molecular complexity index is 498. The first-order chi connectivity index (χ1) is 7.65. The van der Waals surface area contributed by atoms with Crippen LogP contribution in [0.1, 0.15) is 11.5 Å². The number of ether oxygens (including phenoxy) is 1. The fourth-order valence-electron chi connectivity index (χ4n) is 1.21. The van der Waals surface area contributed by atoms with Gasteiger partial charge >= 0.3 is 0 Å². The van der Waals surface area contributed by atoms with Crippen LogP contribution in [0, 0.1) is 12.7 Å². The summed E-state index contributed by atoms with van der Waals surface area (Å²) in [5.74, 6) is 0.628. The van der Waals surface area contributed by atoms with Gasteiger partial charge in [0.05, 0.1) is 10.7 Å². The van der Waals surface area contributed by atoms with Gasteiger partial charge in [-0.2, -0.15) is 0 Å². The topological polar surface area (TPSA) is 35.3 Å². The van der Waals surface area contributed by atoms with E-state index in [2.05, 4.69) is 5.16 Å². The summed E-state index contributed by atoms with van der Waals surface area (Å²) in [4.78, 5) is 0. The van der Waals surface area contributed by atoms with Crippen molar-refractivity contribution in [3.05, 3.63) is 46.6 Å². The van der Waals surface area contributed by atoms with Crippen molar-refractivity contribution in [3.8, 4) is 5.75 Å². The highest BCUT2D eigenvalue weighted by Crippen LogP contribution is 2.21. The Morgan fingerprint density at radius 2 is 2.25 bits per heavy atom. The molecule has 2 aromatic rings. The third-order valence-electron chi connectivity index (χ3n) is 1.95. The van der Waals surface area contributed by atoms with Crippen molar-refractivity contribution >= 4 is 11.6 Å². The minimum absolute atomic E-state index is 0.0336. The monoisotopic (exact) mass is 241 g/mol. The van der Waals surface area contributed by atoms with Crippen LogP contribution in [0.3, 0.4) is 0 Å². The molecule has 1 heterocycles. The fourth-order valence-corrected chi connectivity index (χ4v) is 1.38. The Kier molecular flexibility index (Phi) is 3.10. The lowest BCUT2D eigenvalue weighted by molar-refractivity contribution is 0.248. The zero-order valence-electron chi connectivity index (χ0n) is 8.54. The standard InChI is InChI=1S/C11H9ClFNO2/c1-7-4-9(16-14-7)6-15-8-2-3-11(13)10(12)5-8/h2-5H,6H2,1H3. The zero-order valence-corrected chi connectivity index (χ0v) is 9.29. The molecule has 0 saturated carbocycles. The van der Waals surface area contributed by atoms with Crippen molar-refractivity contribution in [1.82, 2.24) is 5.16 Å². The van der Waals surface area contributed by atoms with E-state index in [1.165, 1.54) is 18.2 Å². The average Bonchev–Trinajstić information content (AvgIpc) is 2.66. The molecule has 0 saturated heterocycles. The van der Waals surface area contributed by atoms with Gasteiger partial charge in [0.25, 0.3) is 0 Å². The van der Waals surface area contributed by atoms with Gasteiger partial charge in [0, 0.05) is 12.1 Å². The highest BCUT2D eigenvalue weighted by Gasteiger charge is 2.04. The Morgan fingerprint density at radius 3 is 2.88 bits per heavy atom. The molecule has 0 aliphatic carbocycles. The summed E-state index contributed by atoms with van der Waals surface area (Å²) >= 11 is 5.61. The largest absolute Gasteiger partial charge is 0.485 e. The molecule has 0 radical (unpaired) electrons. The minimum Gasteiger partial charge on any atom is -0.485 e.